The molecule has 3 nitrogen and oxygen atoms in total. The number of aromatic amines is 1. The first-order valence-corrected chi connectivity index (χ1v) is 7.51. The van der Waals surface area contributed by atoms with Crippen LogP contribution >= 0.6 is 0 Å². The lowest BCUT2D eigenvalue weighted by atomic mass is 10.0. The van der Waals surface area contributed by atoms with Crippen LogP contribution in [-0.4, -0.2) is 4.98 Å². The molecule has 0 unspecified atom stereocenters. The summed E-state index contributed by atoms with van der Waals surface area (Å²) in [6.45, 7) is 0. The van der Waals surface area contributed by atoms with Crippen molar-refractivity contribution in [1.82, 2.24) is 4.98 Å². The minimum atomic E-state index is 0.0663. The summed E-state index contributed by atoms with van der Waals surface area (Å²) < 4.78 is 0. The number of aromatic nitrogens is 1. The van der Waals surface area contributed by atoms with Crippen molar-refractivity contribution in [3.05, 3.63) is 72.4 Å². The molecule has 3 aromatic carbocycles. The normalized spacial score (nSPS) is 14.0. The molecule has 2 heterocycles. The predicted octanol–water partition coefficient (Wildman–Crippen LogP) is 4.86. The Morgan fingerprint density at radius 3 is 2.23 bits per heavy atom. The van der Waals surface area contributed by atoms with Crippen LogP contribution in [0.5, 0.6) is 0 Å². The van der Waals surface area contributed by atoms with Gasteiger partial charge in [0.15, 0.2) is 0 Å². The molecule has 1 aliphatic heterocycles. The van der Waals surface area contributed by atoms with Gasteiger partial charge in [0.25, 0.3) is 0 Å². The van der Waals surface area contributed by atoms with E-state index in [2.05, 4.69) is 82.5 Å². The van der Waals surface area contributed by atoms with E-state index in [0.717, 1.165) is 5.52 Å². The molecular formula is C19H15N3. The van der Waals surface area contributed by atoms with Crippen LogP contribution in [0.4, 0.5) is 11.4 Å². The molecular weight excluding hydrogens is 270 g/mol. The van der Waals surface area contributed by atoms with Gasteiger partial charge in [-0.3, -0.25) is 0 Å². The molecule has 3 heteroatoms. The molecule has 4 aromatic rings. The fourth-order valence-electron chi connectivity index (χ4n) is 3.42. The van der Waals surface area contributed by atoms with Gasteiger partial charge >= 0.3 is 0 Å². The van der Waals surface area contributed by atoms with E-state index in [9.17, 15) is 0 Å². The summed E-state index contributed by atoms with van der Waals surface area (Å²) in [6.07, 6.45) is 2.15. The fraction of sp³-hybridized carbons (Fsp3) is 0.0526. The lowest BCUT2D eigenvalue weighted by Crippen LogP contribution is -2.23. The fourth-order valence-corrected chi connectivity index (χ4v) is 3.42. The van der Waals surface area contributed by atoms with Crippen molar-refractivity contribution < 1.29 is 0 Å². The van der Waals surface area contributed by atoms with E-state index >= 15 is 0 Å². The zero-order valence-corrected chi connectivity index (χ0v) is 11.9. The first-order chi connectivity index (χ1) is 10.9. The van der Waals surface area contributed by atoms with E-state index in [1.165, 1.54) is 33.1 Å². The molecule has 3 N–H and O–H groups in total. The van der Waals surface area contributed by atoms with Crippen LogP contribution < -0.4 is 10.6 Å². The maximum Gasteiger partial charge on any atom is 0.125 e. The van der Waals surface area contributed by atoms with E-state index in [-0.39, 0.29) is 6.17 Å². The van der Waals surface area contributed by atoms with Crippen LogP contribution in [0, 0.1) is 0 Å². The van der Waals surface area contributed by atoms with Gasteiger partial charge in [-0.1, -0.05) is 42.5 Å². The molecule has 5 rings (SSSR count). The lowest BCUT2D eigenvalue weighted by Gasteiger charge is -2.29. The Hall–Kier alpha value is -2.94. The van der Waals surface area contributed by atoms with Crippen molar-refractivity contribution in [2.75, 3.05) is 10.6 Å². The molecule has 0 radical (unpaired) electrons. The summed E-state index contributed by atoms with van der Waals surface area (Å²) in [5.41, 5.74) is 4.77. The van der Waals surface area contributed by atoms with Gasteiger partial charge in [-0.15, -0.1) is 0 Å². The summed E-state index contributed by atoms with van der Waals surface area (Å²) in [5.74, 6) is 0. The Bertz CT molecular complexity index is 959. The zero-order chi connectivity index (χ0) is 14.5. The van der Waals surface area contributed by atoms with Gasteiger partial charge in [0.2, 0.25) is 0 Å². The second kappa shape index (κ2) is 4.28. The third-order valence-electron chi connectivity index (χ3n) is 4.44. The average molecular weight is 285 g/mol. The molecule has 0 amide bonds. The van der Waals surface area contributed by atoms with Crippen molar-refractivity contribution in [2.24, 2.45) is 0 Å². The van der Waals surface area contributed by atoms with Gasteiger partial charge in [-0.05, 0) is 23.6 Å². The zero-order valence-electron chi connectivity index (χ0n) is 11.9. The maximum atomic E-state index is 3.62. The second-order valence-corrected chi connectivity index (χ2v) is 5.72. The number of rotatable bonds is 1. The maximum absolute atomic E-state index is 3.62. The molecule has 0 bridgehead atoms. The summed E-state index contributed by atoms with van der Waals surface area (Å²) in [4.78, 5) is 3.35. The molecule has 106 valence electrons. The minimum absolute atomic E-state index is 0.0663. The van der Waals surface area contributed by atoms with Gasteiger partial charge in [-0.25, -0.2) is 0 Å². The van der Waals surface area contributed by atoms with E-state index in [4.69, 9.17) is 0 Å². The van der Waals surface area contributed by atoms with Crippen LogP contribution in [0.2, 0.25) is 0 Å². The van der Waals surface area contributed by atoms with Crippen LogP contribution in [0.15, 0.2) is 66.9 Å². The van der Waals surface area contributed by atoms with Crippen LogP contribution in [0.25, 0.3) is 21.7 Å². The van der Waals surface area contributed by atoms with E-state index in [1.807, 2.05) is 0 Å². The highest BCUT2D eigenvalue weighted by atomic mass is 15.2. The molecule has 0 aliphatic carbocycles. The number of nitrogens with one attached hydrogen (secondary N) is 3. The third kappa shape index (κ3) is 1.56. The molecule has 0 saturated carbocycles. The van der Waals surface area contributed by atoms with Gasteiger partial charge in [0.05, 0.1) is 0 Å². The highest BCUT2D eigenvalue weighted by Gasteiger charge is 2.22. The van der Waals surface area contributed by atoms with Crippen LogP contribution in [0.1, 0.15) is 11.7 Å². The minimum Gasteiger partial charge on any atom is -0.361 e. The van der Waals surface area contributed by atoms with Crippen LogP contribution in [0.3, 0.4) is 0 Å². The highest BCUT2D eigenvalue weighted by Crippen LogP contribution is 2.39. The molecule has 0 atom stereocenters. The average Bonchev–Trinajstić information content (AvgIpc) is 2.99. The van der Waals surface area contributed by atoms with Crippen molar-refractivity contribution >= 4 is 33.1 Å². The van der Waals surface area contributed by atoms with Gasteiger partial charge in [0, 0.05) is 39.4 Å². The van der Waals surface area contributed by atoms with Crippen molar-refractivity contribution in [3.8, 4) is 0 Å². The molecule has 0 spiro atoms. The number of hydrogen-bond acceptors (Lipinski definition) is 2. The number of H-pyrrole nitrogens is 1. The first kappa shape index (κ1) is 11.7. The summed E-state index contributed by atoms with van der Waals surface area (Å²) in [6, 6.07) is 21.2. The Morgan fingerprint density at radius 2 is 1.45 bits per heavy atom. The smallest absolute Gasteiger partial charge is 0.125 e. The largest absolute Gasteiger partial charge is 0.361 e. The standard InChI is InChI=1S/C19H15N3/c1-2-8-15-13(7-1)14(11-20-15)19-21-16-9-3-5-12-6-4-10-17(22-19)18(12)16/h1-11,19-22H. The molecule has 1 aromatic heterocycles. The number of benzene rings is 3. The number of fused-ring (bicyclic) bond motifs is 1. The third-order valence-corrected chi connectivity index (χ3v) is 4.44. The summed E-state index contributed by atoms with van der Waals surface area (Å²) in [5, 5.41) is 11.0. The van der Waals surface area contributed by atoms with Gasteiger partial charge in [0.1, 0.15) is 6.17 Å². The monoisotopic (exact) mass is 285 g/mol. The SMILES string of the molecule is c1cc2c3c(cccc3c1)NC(c1c[nH]c3ccccc13)N2. The topological polar surface area (TPSA) is 39.9 Å². The van der Waals surface area contributed by atoms with E-state index in [0.29, 0.717) is 0 Å². The summed E-state index contributed by atoms with van der Waals surface area (Å²) in [7, 11) is 0. The van der Waals surface area contributed by atoms with Crippen molar-refractivity contribution in [3.63, 3.8) is 0 Å². The predicted molar refractivity (Wildman–Crippen MR) is 92.2 cm³/mol. The Kier molecular flexibility index (Phi) is 2.27. The Morgan fingerprint density at radius 1 is 0.727 bits per heavy atom. The van der Waals surface area contributed by atoms with E-state index in [1.54, 1.807) is 0 Å². The molecule has 22 heavy (non-hydrogen) atoms. The van der Waals surface area contributed by atoms with Gasteiger partial charge in [-0.2, -0.15) is 0 Å². The quantitative estimate of drug-likeness (QED) is 0.467. The number of anilines is 2. The molecule has 1 aliphatic rings. The second-order valence-electron chi connectivity index (χ2n) is 5.72. The Balaban J connectivity index is 1.68. The number of hydrogen-bond donors (Lipinski definition) is 3. The van der Waals surface area contributed by atoms with Gasteiger partial charge < -0.3 is 15.6 Å². The summed E-state index contributed by atoms with van der Waals surface area (Å²) >= 11 is 0. The van der Waals surface area contributed by atoms with Crippen LogP contribution in [-0.2, 0) is 0 Å². The van der Waals surface area contributed by atoms with Crippen molar-refractivity contribution in [1.29, 1.82) is 0 Å². The highest BCUT2D eigenvalue weighted by molar-refractivity contribution is 6.05. The van der Waals surface area contributed by atoms with Crippen molar-refractivity contribution in [2.45, 2.75) is 6.17 Å². The molecule has 0 saturated heterocycles. The Labute approximate surface area is 128 Å². The first-order valence-electron chi connectivity index (χ1n) is 7.51. The molecule has 0 fully saturated rings. The number of para-hydroxylation sites is 1. The lowest BCUT2D eigenvalue weighted by molar-refractivity contribution is 0.906. The van der Waals surface area contributed by atoms with E-state index < -0.39 is 0 Å².